The minimum Gasteiger partial charge on any atom is -0.468 e. The molecule has 0 fully saturated rings. The zero-order valence-corrected chi connectivity index (χ0v) is 16.5. The normalized spacial score (nSPS) is 12.0. The molecule has 3 rings (SSSR count). The van der Waals surface area contributed by atoms with Crippen molar-refractivity contribution in [3.05, 3.63) is 71.2 Å². The number of benzene rings is 1. The van der Waals surface area contributed by atoms with Crippen molar-refractivity contribution in [1.29, 1.82) is 0 Å². The van der Waals surface area contributed by atoms with Gasteiger partial charge >= 0.3 is 12.4 Å². The third-order valence-electron chi connectivity index (χ3n) is 4.33. The Labute approximate surface area is 177 Å². The number of nitrogens with one attached hydrogen (secondary N) is 1. The minimum absolute atomic E-state index is 0.0871. The highest BCUT2D eigenvalue weighted by atomic mass is 19.4. The van der Waals surface area contributed by atoms with Crippen LogP contribution in [-0.4, -0.2) is 33.5 Å². The van der Waals surface area contributed by atoms with Crippen molar-refractivity contribution in [3.63, 3.8) is 0 Å². The van der Waals surface area contributed by atoms with Gasteiger partial charge in [0.1, 0.15) is 0 Å². The van der Waals surface area contributed by atoms with Gasteiger partial charge in [-0.1, -0.05) is 12.1 Å². The Morgan fingerprint density at radius 2 is 1.88 bits per heavy atom. The molecule has 32 heavy (non-hydrogen) atoms. The zero-order chi connectivity index (χ0) is 23.5. The topological polar surface area (TPSA) is 69.0 Å². The van der Waals surface area contributed by atoms with Crippen molar-refractivity contribution in [2.45, 2.75) is 25.8 Å². The van der Waals surface area contributed by atoms with Crippen LogP contribution >= 0.6 is 0 Å². The first-order valence-electron chi connectivity index (χ1n) is 9.09. The summed E-state index contributed by atoms with van der Waals surface area (Å²) in [6.07, 6.45) is -6.64. The van der Waals surface area contributed by atoms with E-state index in [9.17, 15) is 31.1 Å². The van der Waals surface area contributed by atoms with Crippen molar-refractivity contribution in [2.24, 2.45) is 0 Å². The minimum atomic E-state index is -4.55. The molecule has 0 atom stereocenters. The van der Waals surface area contributed by atoms with E-state index in [0.717, 1.165) is 12.1 Å². The fourth-order valence-corrected chi connectivity index (χ4v) is 2.82. The molecule has 1 amide bonds. The van der Waals surface area contributed by atoms with E-state index >= 15 is 0 Å². The standard InChI is InChI=1S/C20H16F6N4O2/c1-12-16(10-29-30(12)15-6-2-5-14(8-15)20(24,25)26)17(31)28-9-13-4-3-7-27-18(13)32-11-19(21,22)23/h2-8,10H,9,11H2,1H3,(H,28,31). The Balaban J connectivity index is 1.74. The number of alkyl halides is 6. The summed E-state index contributed by atoms with van der Waals surface area (Å²) in [5.41, 5.74) is -0.163. The molecule has 0 aliphatic heterocycles. The lowest BCUT2D eigenvalue weighted by molar-refractivity contribution is -0.154. The first kappa shape index (κ1) is 23.1. The quantitative estimate of drug-likeness (QED) is 0.554. The maximum atomic E-state index is 13.0. The lowest BCUT2D eigenvalue weighted by atomic mass is 10.2. The highest BCUT2D eigenvalue weighted by Gasteiger charge is 2.31. The molecule has 6 nitrogen and oxygen atoms in total. The molecule has 1 N–H and O–H groups in total. The number of amides is 1. The summed E-state index contributed by atoms with van der Waals surface area (Å²) in [7, 11) is 0. The first-order valence-corrected chi connectivity index (χ1v) is 9.09. The summed E-state index contributed by atoms with van der Waals surface area (Å²) in [4.78, 5) is 16.3. The molecular weight excluding hydrogens is 442 g/mol. The molecule has 1 aromatic carbocycles. The molecule has 0 radical (unpaired) electrons. The zero-order valence-electron chi connectivity index (χ0n) is 16.5. The van der Waals surface area contributed by atoms with Gasteiger partial charge in [0.2, 0.25) is 5.88 Å². The van der Waals surface area contributed by atoms with Crippen molar-refractivity contribution in [2.75, 3.05) is 6.61 Å². The number of halogens is 6. The van der Waals surface area contributed by atoms with Crippen LogP contribution in [0.1, 0.15) is 27.2 Å². The highest BCUT2D eigenvalue weighted by molar-refractivity contribution is 5.95. The fourth-order valence-electron chi connectivity index (χ4n) is 2.82. The number of carbonyl (C=O) groups excluding carboxylic acids is 1. The van der Waals surface area contributed by atoms with Gasteiger partial charge in [0.05, 0.1) is 28.7 Å². The van der Waals surface area contributed by atoms with Crippen LogP contribution in [0.2, 0.25) is 0 Å². The van der Waals surface area contributed by atoms with Gasteiger partial charge in [0, 0.05) is 18.3 Å². The number of nitrogens with zero attached hydrogens (tertiary/aromatic N) is 3. The largest absolute Gasteiger partial charge is 0.468 e. The number of aromatic nitrogens is 3. The van der Waals surface area contributed by atoms with Crippen molar-refractivity contribution in [3.8, 4) is 11.6 Å². The van der Waals surface area contributed by atoms with Crippen LogP contribution in [0.3, 0.4) is 0 Å². The van der Waals surface area contributed by atoms with Gasteiger partial charge in [-0.3, -0.25) is 4.79 Å². The van der Waals surface area contributed by atoms with E-state index in [1.54, 1.807) is 0 Å². The SMILES string of the molecule is Cc1c(C(=O)NCc2cccnc2OCC(F)(F)F)cnn1-c1cccc(C(F)(F)F)c1. The molecule has 170 valence electrons. The second-order valence-corrected chi connectivity index (χ2v) is 6.66. The third kappa shape index (κ3) is 5.56. The van der Waals surface area contributed by atoms with Crippen molar-refractivity contribution >= 4 is 5.91 Å². The van der Waals surface area contributed by atoms with Gasteiger partial charge in [-0.05, 0) is 31.2 Å². The number of rotatable bonds is 6. The second kappa shape index (κ2) is 8.89. The first-order chi connectivity index (χ1) is 15.0. The predicted octanol–water partition coefficient (Wildman–Crippen LogP) is 4.47. The van der Waals surface area contributed by atoms with Gasteiger partial charge in [0.25, 0.3) is 5.91 Å². The Morgan fingerprint density at radius 1 is 1.12 bits per heavy atom. The lowest BCUT2D eigenvalue weighted by Gasteiger charge is -2.12. The average Bonchev–Trinajstić information content (AvgIpc) is 3.11. The van der Waals surface area contributed by atoms with E-state index in [-0.39, 0.29) is 34.9 Å². The van der Waals surface area contributed by atoms with E-state index in [4.69, 9.17) is 0 Å². The Bertz CT molecular complexity index is 1110. The van der Waals surface area contributed by atoms with E-state index in [1.807, 2.05) is 0 Å². The van der Waals surface area contributed by atoms with Crippen LogP contribution in [0.4, 0.5) is 26.3 Å². The second-order valence-electron chi connectivity index (χ2n) is 6.66. The summed E-state index contributed by atoms with van der Waals surface area (Å²) in [6.45, 7) is -0.216. The van der Waals surface area contributed by atoms with Gasteiger partial charge < -0.3 is 10.1 Å². The molecule has 2 aromatic heterocycles. The predicted molar refractivity (Wildman–Crippen MR) is 100 cm³/mol. The summed E-state index contributed by atoms with van der Waals surface area (Å²) >= 11 is 0. The number of hydrogen-bond donors (Lipinski definition) is 1. The Morgan fingerprint density at radius 3 is 2.56 bits per heavy atom. The molecule has 0 bridgehead atoms. The molecule has 12 heteroatoms. The molecule has 0 saturated carbocycles. The molecule has 2 heterocycles. The summed E-state index contributed by atoms with van der Waals surface area (Å²) < 4.78 is 81.9. The van der Waals surface area contributed by atoms with Gasteiger partial charge in [0.15, 0.2) is 6.61 Å². The van der Waals surface area contributed by atoms with Crippen LogP contribution in [0.25, 0.3) is 5.69 Å². The average molecular weight is 458 g/mol. The smallest absolute Gasteiger partial charge is 0.422 e. The number of ether oxygens (including phenoxy) is 1. The Kier molecular flexibility index (Phi) is 6.42. The molecule has 0 unspecified atom stereocenters. The molecule has 0 saturated heterocycles. The van der Waals surface area contributed by atoms with E-state index in [0.29, 0.717) is 0 Å². The van der Waals surface area contributed by atoms with Gasteiger partial charge in [-0.25, -0.2) is 9.67 Å². The van der Waals surface area contributed by atoms with E-state index < -0.39 is 30.4 Å². The van der Waals surface area contributed by atoms with Crippen LogP contribution in [0.15, 0.2) is 48.8 Å². The molecule has 3 aromatic rings. The summed E-state index contributed by atoms with van der Waals surface area (Å²) in [6, 6.07) is 7.38. The summed E-state index contributed by atoms with van der Waals surface area (Å²) in [5.74, 6) is -0.896. The maximum absolute atomic E-state index is 13.0. The van der Waals surface area contributed by atoms with Gasteiger partial charge in [-0.2, -0.15) is 31.4 Å². The monoisotopic (exact) mass is 458 g/mol. The Hall–Kier alpha value is -3.57. The van der Waals surface area contributed by atoms with Gasteiger partial charge in [-0.15, -0.1) is 0 Å². The van der Waals surface area contributed by atoms with Crippen molar-refractivity contribution < 1.29 is 35.9 Å². The number of carbonyl (C=O) groups is 1. The van der Waals surface area contributed by atoms with Crippen molar-refractivity contribution in [1.82, 2.24) is 20.1 Å². The lowest BCUT2D eigenvalue weighted by Crippen LogP contribution is -2.25. The van der Waals surface area contributed by atoms with Crippen LogP contribution in [-0.2, 0) is 12.7 Å². The maximum Gasteiger partial charge on any atom is 0.422 e. The van der Waals surface area contributed by atoms with Crippen LogP contribution < -0.4 is 10.1 Å². The molecular formula is C20H16F6N4O2. The number of hydrogen-bond acceptors (Lipinski definition) is 4. The molecule has 0 aliphatic rings. The van der Waals surface area contributed by atoms with E-state index in [2.05, 4.69) is 20.1 Å². The number of pyridine rings is 1. The van der Waals surface area contributed by atoms with Crippen LogP contribution in [0.5, 0.6) is 5.88 Å². The van der Waals surface area contributed by atoms with Crippen LogP contribution in [0, 0.1) is 6.92 Å². The fraction of sp³-hybridized carbons (Fsp3) is 0.250. The third-order valence-corrected chi connectivity index (χ3v) is 4.33. The van der Waals surface area contributed by atoms with E-state index in [1.165, 1.54) is 48.3 Å². The highest BCUT2D eigenvalue weighted by Crippen LogP contribution is 2.30. The summed E-state index contributed by atoms with van der Waals surface area (Å²) in [5, 5.41) is 6.51. The molecule has 0 aliphatic carbocycles. The molecule has 0 spiro atoms.